The number of benzene rings is 1. The molecule has 1 aliphatic heterocycles. The number of para-hydroxylation sites is 1. The third-order valence-corrected chi connectivity index (χ3v) is 7.15. The molecule has 1 aromatic carbocycles. The molecule has 1 fully saturated rings. The van der Waals surface area contributed by atoms with Gasteiger partial charge in [0.2, 0.25) is 0 Å². The number of fused-ring (bicyclic) bond motifs is 2. The largest absolute Gasteiger partial charge is 0.356 e. The second-order valence-electron chi connectivity index (χ2n) is 8.37. The molecule has 0 amide bonds. The average Bonchev–Trinajstić information content (AvgIpc) is 3.23. The number of anilines is 1. The van der Waals surface area contributed by atoms with E-state index in [2.05, 4.69) is 22.9 Å². The molecule has 32 heavy (non-hydrogen) atoms. The molecule has 1 saturated heterocycles. The number of rotatable bonds is 3. The van der Waals surface area contributed by atoms with E-state index in [1.54, 1.807) is 16.7 Å². The summed E-state index contributed by atoms with van der Waals surface area (Å²) in [5.74, 6) is 1.32. The van der Waals surface area contributed by atoms with Gasteiger partial charge >= 0.3 is 0 Å². The number of aromatic nitrogens is 3. The number of thiazole rings is 1. The highest BCUT2D eigenvalue weighted by Crippen LogP contribution is 2.30. The first-order chi connectivity index (χ1) is 15.5. The third-order valence-electron chi connectivity index (χ3n) is 6.08. The topological polar surface area (TPSA) is 74.3 Å². The van der Waals surface area contributed by atoms with E-state index in [1.807, 2.05) is 43.3 Å². The Bertz CT molecular complexity index is 1420. The van der Waals surface area contributed by atoms with E-state index in [-0.39, 0.29) is 5.56 Å². The Hall–Kier alpha value is -3.50. The van der Waals surface area contributed by atoms with Crippen LogP contribution in [0.2, 0.25) is 0 Å². The summed E-state index contributed by atoms with van der Waals surface area (Å²) in [6.07, 6.45) is 5.53. The first-order valence-electron chi connectivity index (χ1n) is 10.8. The number of pyridine rings is 1. The van der Waals surface area contributed by atoms with E-state index in [9.17, 15) is 10.1 Å². The minimum Gasteiger partial charge on any atom is -0.356 e. The number of allylic oxidation sites excluding steroid dienone is 1. The molecule has 5 rings (SSSR count). The molecule has 3 aromatic heterocycles. The molecule has 0 bridgehead atoms. The van der Waals surface area contributed by atoms with Crippen LogP contribution in [0.15, 0.2) is 47.4 Å². The van der Waals surface area contributed by atoms with Gasteiger partial charge in [0, 0.05) is 19.3 Å². The van der Waals surface area contributed by atoms with E-state index in [0.29, 0.717) is 33.5 Å². The van der Waals surface area contributed by atoms with Crippen LogP contribution >= 0.6 is 11.3 Å². The summed E-state index contributed by atoms with van der Waals surface area (Å²) >= 11 is 1.46. The van der Waals surface area contributed by atoms with Crippen LogP contribution in [0.1, 0.15) is 35.9 Å². The van der Waals surface area contributed by atoms with Gasteiger partial charge in [-0.1, -0.05) is 25.1 Å². The van der Waals surface area contributed by atoms with Crippen LogP contribution in [-0.2, 0) is 0 Å². The van der Waals surface area contributed by atoms with Crippen LogP contribution < -0.4 is 10.5 Å². The summed E-state index contributed by atoms with van der Waals surface area (Å²) in [5, 5.41) is 10.6. The third kappa shape index (κ3) is 3.57. The Balaban J connectivity index is 1.72. The number of aryl methyl sites for hydroxylation is 1. The fraction of sp³-hybridized carbons (Fsp3) is 0.280. The zero-order valence-electron chi connectivity index (χ0n) is 18.1. The quantitative estimate of drug-likeness (QED) is 0.422. The molecule has 0 aliphatic carbocycles. The van der Waals surface area contributed by atoms with Crippen LogP contribution in [-0.4, -0.2) is 27.5 Å². The summed E-state index contributed by atoms with van der Waals surface area (Å²) in [6.45, 7) is 5.91. The molecule has 0 unspecified atom stereocenters. The highest BCUT2D eigenvalue weighted by atomic mass is 32.1. The maximum absolute atomic E-state index is 13.6. The second kappa shape index (κ2) is 8.21. The van der Waals surface area contributed by atoms with Crippen molar-refractivity contribution in [3.8, 4) is 6.07 Å². The minimum atomic E-state index is -0.166. The molecular formula is C25H23N5OS. The molecular weight excluding hydrogens is 418 g/mol. The fourth-order valence-electron chi connectivity index (χ4n) is 4.16. The van der Waals surface area contributed by atoms with Gasteiger partial charge in [-0.25, -0.2) is 9.97 Å². The van der Waals surface area contributed by atoms with E-state index in [0.717, 1.165) is 41.7 Å². The predicted octanol–water partition coefficient (Wildman–Crippen LogP) is 4.91. The van der Waals surface area contributed by atoms with Gasteiger partial charge in [-0.2, -0.15) is 5.26 Å². The lowest BCUT2D eigenvalue weighted by Gasteiger charge is -2.32. The smallest absolute Gasteiger partial charge is 0.267 e. The van der Waals surface area contributed by atoms with Crippen LogP contribution in [0, 0.1) is 24.2 Å². The average molecular weight is 442 g/mol. The van der Waals surface area contributed by atoms with Crippen molar-refractivity contribution in [1.29, 1.82) is 5.26 Å². The molecule has 0 N–H and O–H groups in total. The van der Waals surface area contributed by atoms with Gasteiger partial charge in [-0.05, 0) is 55.5 Å². The Kier molecular flexibility index (Phi) is 5.24. The molecule has 4 aromatic rings. The molecule has 1 aliphatic rings. The number of hydrogen-bond donors (Lipinski definition) is 0. The highest BCUT2D eigenvalue weighted by molar-refractivity contribution is 7.19. The second-order valence-corrected chi connectivity index (χ2v) is 9.40. The Morgan fingerprint density at radius 2 is 1.97 bits per heavy atom. The van der Waals surface area contributed by atoms with Crippen molar-refractivity contribution >= 4 is 44.7 Å². The van der Waals surface area contributed by atoms with Gasteiger partial charge < -0.3 is 4.90 Å². The number of piperidine rings is 1. The van der Waals surface area contributed by atoms with Gasteiger partial charge in [0.15, 0.2) is 0 Å². The lowest BCUT2D eigenvalue weighted by atomic mass is 9.99. The van der Waals surface area contributed by atoms with Crippen LogP contribution in [0.3, 0.4) is 0 Å². The zero-order valence-corrected chi connectivity index (χ0v) is 18.9. The molecule has 6 nitrogen and oxygen atoms in total. The van der Waals surface area contributed by atoms with Crippen molar-refractivity contribution in [3.05, 3.63) is 69.1 Å². The maximum atomic E-state index is 13.6. The van der Waals surface area contributed by atoms with Crippen molar-refractivity contribution in [3.63, 3.8) is 0 Å². The Morgan fingerprint density at radius 1 is 1.19 bits per heavy atom. The van der Waals surface area contributed by atoms with Gasteiger partial charge in [0.25, 0.3) is 5.56 Å². The summed E-state index contributed by atoms with van der Waals surface area (Å²) in [5.41, 5.74) is 3.10. The molecule has 7 heteroatoms. The van der Waals surface area contributed by atoms with Gasteiger partial charge in [-0.3, -0.25) is 9.20 Å². The zero-order chi connectivity index (χ0) is 22.2. The lowest BCUT2D eigenvalue weighted by molar-refractivity contribution is 0.436. The maximum Gasteiger partial charge on any atom is 0.267 e. The molecule has 160 valence electrons. The molecule has 0 spiro atoms. The normalized spacial score (nSPS) is 15.4. The number of hydrogen-bond acceptors (Lipinski definition) is 6. The summed E-state index contributed by atoms with van der Waals surface area (Å²) in [6, 6.07) is 13.9. The van der Waals surface area contributed by atoms with Crippen molar-refractivity contribution in [2.24, 2.45) is 5.92 Å². The minimum absolute atomic E-state index is 0.166. The number of nitrogens with zero attached hydrogens (tertiary/aromatic N) is 5. The van der Waals surface area contributed by atoms with Crippen molar-refractivity contribution < 1.29 is 0 Å². The van der Waals surface area contributed by atoms with Crippen LogP contribution in [0.5, 0.6) is 0 Å². The van der Waals surface area contributed by atoms with Crippen LogP contribution in [0.25, 0.3) is 27.5 Å². The molecule has 4 heterocycles. The van der Waals surface area contributed by atoms with Gasteiger partial charge in [0.1, 0.15) is 22.5 Å². The van der Waals surface area contributed by atoms with Crippen LogP contribution in [0.4, 0.5) is 5.82 Å². The Morgan fingerprint density at radius 3 is 2.72 bits per heavy atom. The summed E-state index contributed by atoms with van der Waals surface area (Å²) < 4.78 is 2.59. The summed E-state index contributed by atoms with van der Waals surface area (Å²) in [4.78, 5) is 25.3. The lowest BCUT2D eigenvalue weighted by Crippen LogP contribution is -2.36. The highest BCUT2D eigenvalue weighted by Gasteiger charge is 2.23. The van der Waals surface area contributed by atoms with E-state index in [4.69, 9.17) is 4.98 Å². The van der Waals surface area contributed by atoms with E-state index < -0.39 is 0 Å². The van der Waals surface area contributed by atoms with E-state index in [1.165, 1.54) is 11.3 Å². The first kappa shape index (κ1) is 20.4. The van der Waals surface area contributed by atoms with Crippen molar-refractivity contribution in [2.45, 2.75) is 26.7 Å². The van der Waals surface area contributed by atoms with Gasteiger partial charge in [-0.15, -0.1) is 11.3 Å². The molecule has 0 radical (unpaired) electrons. The Labute approximate surface area is 190 Å². The van der Waals surface area contributed by atoms with Crippen molar-refractivity contribution in [1.82, 2.24) is 14.4 Å². The van der Waals surface area contributed by atoms with Gasteiger partial charge in [0.05, 0.1) is 21.4 Å². The standard InChI is InChI=1S/C25H23N5OS/c1-16-9-12-29(13-10-16)23-19(25(31)30-11-5-6-17(2)22(30)28-23)14-18(15-26)24-27-20-7-3-4-8-21(20)32-24/h3-8,11,14,16H,9-10,12-13H2,1-2H3/b18-14+. The number of nitriles is 1. The predicted molar refractivity (Wildman–Crippen MR) is 130 cm³/mol. The summed E-state index contributed by atoms with van der Waals surface area (Å²) in [7, 11) is 0. The van der Waals surface area contributed by atoms with Crippen molar-refractivity contribution in [2.75, 3.05) is 18.0 Å². The monoisotopic (exact) mass is 441 g/mol. The molecule has 0 atom stereocenters. The molecule has 0 saturated carbocycles. The first-order valence-corrected chi connectivity index (χ1v) is 11.6. The van der Waals surface area contributed by atoms with E-state index >= 15 is 0 Å². The SMILES string of the molecule is Cc1cccn2c(=O)c(/C=C(\C#N)c3nc4ccccc4s3)c(N3CCC(C)CC3)nc12. The fourth-order valence-corrected chi connectivity index (χ4v) is 5.09.